The lowest BCUT2D eigenvalue weighted by atomic mass is 10.1. The molecular formula is C24H24FN3O4S. The lowest BCUT2D eigenvalue weighted by Gasteiger charge is -2.26. The number of hydrogen-bond donors (Lipinski definition) is 2. The molecule has 2 N–H and O–H groups in total. The van der Waals surface area contributed by atoms with Gasteiger partial charge in [-0.2, -0.15) is 4.31 Å². The number of anilines is 3. The number of morpholine rings is 1. The number of rotatable bonds is 6. The molecule has 4 rings (SSSR count). The fraction of sp³-hybridized carbons (Fsp3) is 0.208. The first-order valence-electron chi connectivity index (χ1n) is 10.5. The maximum atomic E-state index is 13.2. The molecule has 9 heteroatoms. The van der Waals surface area contributed by atoms with Crippen LogP contribution in [0.1, 0.15) is 15.9 Å². The minimum absolute atomic E-state index is 0.153. The zero-order valence-corrected chi connectivity index (χ0v) is 18.9. The molecule has 1 aliphatic rings. The van der Waals surface area contributed by atoms with Gasteiger partial charge in [0.05, 0.1) is 29.4 Å². The number of benzene rings is 3. The van der Waals surface area contributed by atoms with Crippen LogP contribution in [0.5, 0.6) is 0 Å². The van der Waals surface area contributed by atoms with E-state index in [1.165, 1.54) is 22.5 Å². The van der Waals surface area contributed by atoms with Gasteiger partial charge in [0.1, 0.15) is 5.82 Å². The van der Waals surface area contributed by atoms with E-state index in [4.69, 9.17) is 4.74 Å². The Bertz CT molecular complexity index is 1260. The number of nitrogens with one attached hydrogen (secondary N) is 2. The van der Waals surface area contributed by atoms with Crippen molar-refractivity contribution in [2.24, 2.45) is 0 Å². The quantitative estimate of drug-likeness (QED) is 0.566. The van der Waals surface area contributed by atoms with E-state index < -0.39 is 15.9 Å². The maximum Gasteiger partial charge on any atom is 0.257 e. The predicted octanol–water partition coefficient (Wildman–Crippen LogP) is 4.15. The monoisotopic (exact) mass is 469 g/mol. The fourth-order valence-corrected chi connectivity index (χ4v) is 5.22. The van der Waals surface area contributed by atoms with Gasteiger partial charge in [0.15, 0.2) is 0 Å². The van der Waals surface area contributed by atoms with Gasteiger partial charge < -0.3 is 15.4 Å². The van der Waals surface area contributed by atoms with E-state index in [9.17, 15) is 17.6 Å². The van der Waals surface area contributed by atoms with Gasteiger partial charge in [0.25, 0.3) is 5.91 Å². The molecule has 0 spiro atoms. The maximum absolute atomic E-state index is 13.2. The highest BCUT2D eigenvalue weighted by molar-refractivity contribution is 7.89. The third kappa shape index (κ3) is 5.22. The molecule has 0 saturated carbocycles. The summed E-state index contributed by atoms with van der Waals surface area (Å²) in [5, 5.41) is 5.90. The molecule has 0 atom stereocenters. The number of sulfonamides is 1. The highest BCUT2D eigenvalue weighted by atomic mass is 32.2. The molecule has 7 nitrogen and oxygen atoms in total. The zero-order chi connectivity index (χ0) is 23.4. The summed E-state index contributed by atoms with van der Waals surface area (Å²) < 4.78 is 46.1. The van der Waals surface area contributed by atoms with Crippen LogP contribution in [0.25, 0.3) is 0 Å². The fourth-order valence-electron chi connectivity index (χ4n) is 3.56. The van der Waals surface area contributed by atoms with Crippen LogP contribution < -0.4 is 10.6 Å². The van der Waals surface area contributed by atoms with E-state index in [0.29, 0.717) is 54.5 Å². The molecule has 0 unspecified atom stereocenters. The molecule has 0 radical (unpaired) electrons. The summed E-state index contributed by atoms with van der Waals surface area (Å²) in [4.78, 5) is 13.2. The Morgan fingerprint density at radius 3 is 2.36 bits per heavy atom. The molecule has 1 aliphatic heterocycles. The van der Waals surface area contributed by atoms with Gasteiger partial charge >= 0.3 is 0 Å². The summed E-state index contributed by atoms with van der Waals surface area (Å²) in [6.07, 6.45) is 0. The number of nitrogens with zero attached hydrogens (tertiary/aromatic N) is 1. The van der Waals surface area contributed by atoms with Crippen LogP contribution in [0, 0.1) is 12.7 Å². The van der Waals surface area contributed by atoms with Crippen molar-refractivity contribution in [1.82, 2.24) is 4.31 Å². The minimum Gasteiger partial charge on any atom is -0.379 e. The van der Waals surface area contributed by atoms with Crippen LogP contribution in [-0.4, -0.2) is 44.9 Å². The Hall–Kier alpha value is -3.27. The Balaban J connectivity index is 1.57. The average Bonchev–Trinajstić information content (AvgIpc) is 2.82. The molecule has 1 fully saturated rings. The first-order valence-corrected chi connectivity index (χ1v) is 11.9. The number of aryl methyl sites for hydroxylation is 1. The summed E-state index contributed by atoms with van der Waals surface area (Å²) in [6.45, 7) is 3.02. The van der Waals surface area contributed by atoms with E-state index >= 15 is 0 Å². The molecule has 3 aromatic carbocycles. The molecule has 0 aromatic heterocycles. The van der Waals surface area contributed by atoms with E-state index in [1.54, 1.807) is 55.5 Å². The van der Waals surface area contributed by atoms with Crippen LogP contribution >= 0.6 is 0 Å². The van der Waals surface area contributed by atoms with Crippen molar-refractivity contribution >= 4 is 33.0 Å². The molecule has 1 heterocycles. The number of carbonyl (C=O) groups excluding carboxylic acids is 1. The third-order valence-corrected chi connectivity index (χ3v) is 7.37. The normalized spacial score (nSPS) is 14.6. The highest BCUT2D eigenvalue weighted by Gasteiger charge is 2.28. The van der Waals surface area contributed by atoms with Crippen molar-refractivity contribution < 1.29 is 22.3 Å². The van der Waals surface area contributed by atoms with Gasteiger partial charge in [-0.1, -0.05) is 18.2 Å². The van der Waals surface area contributed by atoms with Crippen molar-refractivity contribution in [2.45, 2.75) is 11.8 Å². The van der Waals surface area contributed by atoms with Gasteiger partial charge in [-0.25, -0.2) is 12.8 Å². The van der Waals surface area contributed by atoms with Crippen LogP contribution in [0.2, 0.25) is 0 Å². The van der Waals surface area contributed by atoms with Gasteiger partial charge in [-0.05, 0) is 61.0 Å². The Kier molecular flexibility index (Phi) is 6.73. The van der Waals surface area contributed by atoms with Gasteiger partial charge in [-0.3, -0.25) is 4.79 Å². The van der Waals surface area contributed by atoms with Gasteiger partial charge in [0, 0.05) is 24.5 Å². The van der Waals surface area contributed by atoms with Crippen LogP contribution in [0.15, 0.2) is 71.6 Å². The SMILES string of the molecule is Cc1ccc(NC(=O)c2ccccc2Nc2ccc(F)cc2)cc1S(=O)(=O)N1CCOCC1. The summed E-state index contributed by atoms with van der Waals surface area (Å²) in [5.74, 6) is -0.757. The zero-order valence-electron chi connectivity index (χ0n) is 18.0. The molecule has 3 aromatic rings. The predicted molar refractivity (Wildman–Crippen MR) is 125 cm³/mol. The highest BCUT2D eigenvalue weighted by Crippen LogP contribution is 2.26. The molecule has 172 valence electrons. The second-order valence-electron chi connectivity index (χ2n) is 7.63. The smallest absolute Gasteiger partial charge is 0.257 e. The molecule has 0 aliphatic carbocycles. The van der Waals surface area contributed by atoms with Crippen molar-refractivity contribution in [2.75, 3.05) is 36.9 Å². The summed E-state index contributed by atoms with van der Waals surface area (Å²) >= 11 is 0. The molecular weight excluding hydrogens is 445 g/mol. The van der Waals surface area contributed by atoms with Gasteiger partial charge in [0.2, 0.25) is 10.0 Å². The largest absolute Gasteiger partial charge is 0.379 e. The number of hydrogen-bond acceptors (Lipinski definition) is 5. The Morgan fingerprint density at radius 1 is 0.970 bits per heavy atom. The number of carbonyl (C=O) groups is 1. The van der Waals surface area contributed by atoms with Crippen molar-refractivity contribution in [3.05, 3.63) is 83.7 Å². The van der Waals surface area contributed by atoms with E-state index in [1.807, 2.05) is 0 Å². The topological polar surface area (TPSA) is 87.7 Å². The molecule has 1 amide bonds. The number of amides is 1. The lowest BCUT2D eigenvalue weighted by molar-refractivity contribution is 0.0730. The second-order valence-corrected chi connectivity index (χ2v) is 9.53. The summed E-state index contributed by atoms with van der Waals surface area (Å²) in [6, 6.07) is 17.5. The standard InChI is InChI=1S/C24H24FN3O4S/c1-17-6-9-20(16-23(17)33(30,31)28-12-14-32-15-13-28)27-24(29)21-4-2-3-5-22(21)26-19-10-7-18(25)8-11-19/h2-11,16,26H,12-15H2,1H3,(H,27,29). The minimum atomic E-state index is -3.71. The number of halogens is 1. The summed E-state index contributed by atoms with van der Waals surface area (Å²) in [7, 11) is -3.71. The van der Waals surface area contributed by atoms with Crippen LogP contribution in [0.4, 0.5) is 21.5 Å². The third-order valence-electron chi connectivity index (χ3n) is 5.33. The average molecular weight is 470 g/mol. The van der Waals surface area contributed by atoms with Crippen molar-refractivity contribution in [3.8, 4) is 0 Å². The van der Waals surface area contributed by atoms with Crippen LogP contribution in [-0.2, 0) is 14.8 Å². The summed E-state index contributed by atoms with van der Waals surface area (Å²) in [5.41, 5.74) is 2.49. The molecule has 33 heavy (non-hydrogen) atoms. The molecule has 1 saturated heterocycles. The second kappa shape index (κ2) is 9.70. The first-order chi connectivity index (χ1) is 15.8. The first kappa shape index (κ1) is 22.9. The Labute approximate surface area is 192 Å². The lowest BCUT2D eigenvalue weighted by Crippen LogP contribution is -2.40. The van der Waals surface area contributed by atoms with Crippen molar-refractivity contribution in [1.29, 1.82) is 0 Å². The van der Waals surface area contributed by atoms with Gasteiger partial charge in [-0.15, -0.1) is 0 Å². The Morgan fingerprint density at radius 2 is 1.64 bits per heavy atom. The van der Waals surface area contributed by atoms with E-state index in [2.05, 4.69) is 10.6 Å². The van der Waals surface area contributed by atoms with E-state index in [0.717, 1.165) is 0 Å². The molecule has 0 bridgehead atoms. The van der Waals surface area contributed by atoms with Crippen molar-refractivity contribution in [3.63, 3.8) is 0 Å². The number of para-hydroxylation sites is 1. The van der Waals surface area contributed by atoms with Crippen LogP contribution in [0.3, 0.4) is 0 Å². The number of ether oxygens (including phenoxy) is 1. The van der Waals surface area contributed by atoms with E-state index in [-0.39, 0.29) is 10.7 Å².